The fourth-order valence-electron chi connectivity index (χ4n) is 2.50. The van der Waals surface area contributed by atoms with Gasteiger partial charge in [0.15, 0.2) is 0 Å². The van der Waals surface area contributed by atoms with Crippen molar-refractivity contribution in [3.05, 3.63) is 35.9 Å². The fourth-order valence-corrected chi connectivity index (χ4v) is 2.50. The Bertz CT molecular complexity index is 433. The second-order valence-corrected chi connectivity index (χ2v) is 5.00. The van der Waals surface area contributed by atoms with Gasteiger partial charge in [0.2, 0.25) is 12.3 Å². The molecule has 2 amide bonds. The Balaban J connectivity index is 1.98. The van der Waals surface area contributed by atoms with Crippen LogP contribution in [0.2, 0.25) is 0 Å². The molecular weight excluding hydrogens is 240 g/mol. The molecule has 4 nitrogen and oxygen atoms in total. The van der Waals surface area contributed by atoms with Crippen molar-refractivity contribution in [1.82, 2.24) is 10.2 Å². The lowest BCUT2D eigenvalue weighted by molar-refractivity contribution is -0.135. The van der Waals surface area contributed by atoms with Crippen LogP contribution in [0.3, 0.4) is 0 Å². The zero-order valence-electron chi connectivity index (χ0n) is 11.2. The lowest BCUT2D eigenvalue weighted by Crippen LogP contribution is -2.49. The maximum Gasteiger partial charge on any atom is 0.243 e. The summed E-state index contributed by atoms with van der Waals surface area (Å²) in [6, 6.07) is 9.49. The summed E-state index contributed by atoms with van der Waals surface area (Å²) < 4.78 is 0. The summed E-state index contributed by atoms with van der Waals surface area (Å²) in [6.45, 7) is 2.64. The predicted molar refractivity (Wildman–Crippen MR) is 73.4 cm³/mol. The number of hydrogen-bond donors (Lipinski definition) is 1. The number of likely N-dealkylation sites (tertiary alicyclic amines) is 1. The van der Waals surface area contributed by atoms with Gasteiger partial charge in [0.25, 0.3) is 0 Å². The van der Waals surface area contributed by atoms with Crippen LogP contribution < -0.4 is 5.32 Å². The van der Waals surface area contributed by atoms with Gasteiger partial charge in [-0.3, -0.25) is 9.59 Å². The van der Waals surface area contributed by atoms with Gasteiger partial charge in [-0.1, -0.05) is 30.3 Å². The van der Waals surface area contributed by atoms with Gasteiger partial charge >= 0.3 is 0 Å². The lowest BCUT2D eigenvalue weighted by Gasteiger charge is -2.32. The van der Waals surface area contributed by atoms with Crippen LogP contribution in [0.25, 0.3) is 0 Å². The standard InChI is InChI=1S/C15H20N2O2/c1-12(13-7-3-2-4-8-13)16-15(19)14-9-5-6-10-17(14)11-18/h2-4,7-8,11-12,14H,5-6,9-10H2,1H3,(H,16,19)/t12-,14+/m1/s1. The van der Waals surface area contributed by atoms with E-state index < -0.39 is 0 Å². The van der Waals surface area contributed by atoms with Crippen molar-refractivity contribution in [3.8, 4) is 0 Å². The van der Waals surface area contributed by atoms with Crippen molar-refractivity contribution < 1.29 is 9.59 Å². The Hall–Kier alpha value is -1.84. The Morgan fingerprint density at radius 2 is 2.11 bits per heavy atom. The number of carbonyl (C=O) groups excluding carboxylic acids is 2. The molecule has 1 aromatic rings. The summed E-state index contributed by atoms with van der Waals surface area (Å²) in [6.07, 6.45) is 3.53. The number of nitrogens with zero attached hydrogens (tertiary/aromatic N) is 1. The molecule has 102 valence electrons. The zero-order valence-corrected chi connectivity index (χ0v) is 11.2. The number of benzene rings is 1. The predicted octanol–water partition coefficient (Wildman–Crippen LogP) is 1.87. The van der Waals surface area contributed by atoms with Gasteiger partial charge < -0.3 is 10.2 Å². The Labute approximate surface area is 113 Å². The van der Waals surface area contributed by atoms with Crippen molar-refractivity contribution in [3.63, 3.8) is 0 Å². The van der Waals surface area contributed by atoms with Gasteiger partial charge in [-0.15, -0.1) is 0 Å². The Morgan fingerprint density at radius 1 is 1.37 bits per heavy atom. The molecule has 1 fully saturated rings. The molecular formula is C15H20N2O2. The first-order valence-corrected chi connectivity index (χ1v) is 6.78. The average Bonchev–Trinajstić information content (AvgIpc) is 2.48. The van der Waals surface area contributed by atoms with E-state index in [-0.39, 0.29) is 18.0 Å². The van der Waals surface area contributed by atoms with Gasteiger partial charge in [-0.05, 0) is 31.7 Å². The SMILES string of the molecule is C[C@@H](NC(=O)[C@@H]1CCCCN1C=O)c1ccccc1. The summed E-state index contributed by atoms with van der Waals surface area (Å²) >= 11 is 0. The molecule has 4 heteroatoms. The van der Waals surface area contributed by atoms with Crippen molar-refractivity contribution in [2.75, 3.05) is 6.54 Å². The molecule has 1 aliphatic heterocycles. The quantitative estimate of drug-likeness (QED) is 0.840. The second-order valence-electron chi connectivity index (χ2n) is 5.00. The molecule has 0 radical (unpaired) electrons. The second kappa shape index (κ2) is 6.36. The number of amides is 2. The van der Waals surface area contributed by atoms with E-state index in [4.69, 9.17) is 0 Å². The van der Waals surface area contributed by atoms with Crippen LogP contribution >= 0.6 is 0 Å². The first-order chi connectivity index (χ1) is 9.22. The Kier molecular flexibility index (Phi) is 4.55. The lowest BCUT2D eigenvalue weighted by atomic mass is 10.0. The van der Waals surface area contributed by atoms with Crippen molar-refractivity contribution in [1.29, 1.82) is 0 Å². The van der Waals surface area contributed by atoms with Gasteiger partial charge in [0.1, 0.15) is 6.04 Å². The highest BCUT2D eigenvalue weighted by Gasteiger charge is 2.28. The van der Waals surface area contributed by atoms with Crippen LogP contribution in [0.1, 0.15) is 37.8 Å². The molecule has 0 aromatic heterocycles. The number of piperidine rings is 1. The third-order valence-corrected chi connectivity index (χ3v) is 3.64. The van der Waals surface area contributed by atoms with Crippen LogP contribution in [0.15, 0.2) is 30.3 Å². The highest BCUT2D eigenvalue weighted by atomic mass is 16.2. The van der Waals surface area contributed by atoms with Crippen LogP contribution in [-0.2, 0) is 9.59 Å². The van der Waals surface area contributed by atoms with E-state index in [2.05, 4.69) is 5.32 Å². The van der Waals surface area contributed by atoms with Crippen LogP contribution in [0.4, 0.5) is 0 Å². The molecule has 0 aliphatic carbocycles. The van der Waals surface area contributed by atoms with Crippen LogP contribution in [-0.4, -0.2) is 29.8 Å². The fraction of sp³-hybridized carbons (Fsp3) is 0.467. The van der Waals surface area contributed by atoms with E-state index in [0.29, 0.717) is 6.54 Å². The van der Waals surface area contributed by atoms with Gasteiger partial charge in [0, 0.05) is 6.54 Å². The largest absolute Gasteiger partial charge is 0.348 e. The summed E-state index contributed by atoms with van der Waals surface area (Å²) in [5.74, 6) is -0.0526. The van der Waals surface area contributed by atoms with E-state index in [1.165, 1.54) is 0 Å². The molecule has 0 bridgehead atoms. The van der Waals surface area contributed by atoms with E-state index >= 15 is 0 Å². The molecule has 2 atom stereocenters. The summed E-state index contributed by atoms with van der Waals surface area (Å²) in [5, 5.41) is 2.99. The third kappa shape index (κ3) is 3.34. The van der Waals surface area contributed by atoms with E-state index in [1.807, 2.05) is 37.3 Å². The van der Waals surface area contributed by atoms with Crippen molar-refractivity contribution in [2.45, 2.75) is 38.3 Å². The van der Waals surface area contributed by atoms with E-state index in [1.54, 1.807) is 4.90 Å². The molecule has 1 aliphatic rings. The molecule has 0 spiro atoms. The number of rotatable bonds is 4. The number of hydrogen-bond acceptors (Lipinski definition) is 2. The highest BCUT2D eigenvalue weighted by molar-refractivity contribution is 5.84. The monoisotopic (exact) mass is 260 g/mol. The van der Waals surface area contributed by atoms with E-state index in [0.717, 1.165) is 31.2 Å². The maximum atomic E-state index is 12.2. The summed E-state index contributed by atoms with van der Waals surface area (Å²) in [4.78, 5) is 24.8. The molecule has 1 N–H and O–H groups in total. The highest BCUT2D eigenvalue weighted by Crippen LogP contribution is 2.17. The minimum absolute atomic E-state index is 0.0378. The Morgan fingerprint density at radius 3 is 2.79 bits per heavy atom. The molecule has 1 heterocycles. The first-order valence-electron chi connectivity index (χ1n) is 6.78. The zero-order chi connectivity index (χ0) is 13.7. The maximum absolute atomic E-state index is 12.2. The molecule has 1 saturated heterocycles. The van der Waals surface area contributed by atoms with Gasteiger partial charge in [-0.2, -0.15) is 0 Å². The normalized spacial score (nSPS) is 20.7. The molecule has 2 rings (SSSR count). The van der Waals surface area contributed by atoms with E-state index in [9.17, 15) is 9.59 Å². The molecule has 0 unspecified atom stereocenters. The third-order valence-electron chi connectivity index (χ3n) is 3.64. The van der Waals surface area contributed by atoms with Crippen LogP contribution in [0.5, 0.6) is 0 Å². The summed E-state index contributed by atoms with van der Waals surface area (Å²) in [7, 11) is 0. The van der Waals surface area contributed by atoms with Crippen LogP contribution in [0, 0.1) is 0 Å². The molecule has 19 heavy (non-hydrogen) atoms. The van der Waals surface area contributed by atoms with Gasteiger partial charge in [-0.25, -0.2) is 0 Å². The number of nitrogens with one attached hydrogen (secondary N) is 1. The molecule has 0 saturated carbocycles. The smallest absolute Gasteiger partial charge is 0.243 e. The topological polar surface area (TPSA) is 49.4 Å². The van der Waals surface area contributed by atoms with Crippen molar-refractivity contribution in [2.24, 2.45) is 0 Å². The number of carbonyl (C=O) groups is 2. The average molecular weight is 260 g/mol. The minimum atomic E-state index is -0.308. The summed E-state index contributed by atoms with van der Waals surface area (Å²) in [5.41, 5.74) is 1.07. The van der Waals surface area contributed by atoms with Crippen molar-refractivity contribution >= 4 is 12.3 Å². The minimum Gasteiger partial charge on any atom is -0.348 e. The van der Waals surface area contributed by atoms with Gasteiger partial charge in [0.05, 0.1) is 6.04 Å². The first kappa shape index (κ1) is 13.6. The molecule has 1 aromatic carbocycles.